The van der Waals surface area contributed by atoms with Gasteiger partial charge < -0.3 is 30.9 Å². The van der Waals surface area contributed by atoms with E-state index in [9.17, 15) is 0 Å². The number of pyridine rings is 1. The van der Waals surface area contributed by atoms with Crippen molar-refractivity contribution in [3.63, 3.8) is 0 Å². The summed E-state index contributed by atoms with van der Waals surface area (Å²) >= 11 is 0. The predicted molar refractivity (Wildman–Crippen MR) is 165 cm³/mol. The molecule has 42 heavy (non-hydrogen) atoms. The zero-order valence-corrected chi connectivity index (χ0v) is 25.1. The first kappa shape index (κ1) is 30.2. The zero-order valence-electron chi connectivity index (χ0n) is 25.1. The van der Waals surface area contributed by atoms with E-state index in [1.807, 2.05) is 6.20 Å². The fraction of sp³-hybridized carbons (Fsp3) is 0.613. The van der Waals surface area contributed by atoms with E-state index in [4.69, 9.17) is 31.0 Å². The highest BCUT2D eigenvalue weighted by Crippen LogP contribution is 2.51. The molecule has 3 aromatic heterocycles. The lowest BCUT2D eigenvalue weighted by Gasteiger charge is -2.48. The standard InChI is InChI=1S/C25H32N8O2.C6H14O/c1-34-21-10-16(13-28-20(21)15-33-22-19(14-29-33)30-24(27)31-23(22)26)17-11-25(12-17)4-6-32(7-5-25)18-2-8-35-9-3-18;1-2-3-4-5-6-7/h10-11,13-14,18H,2-9,12,15H2,1H3,(H4,26,27,30,31);7H,2-6H2,1H3. The molecule has 2 aliphatic heterocycles. The Kier molecular flexibility index (Phi) is 9.91. The molecule has 3 aromatic rings. The molecule has 11 heteroatoms. The first-order chi connectivity index (χ1) is 20.4. The fourth-order valence-electron chi connectivity index (χ4n) is 6.40. The Bertz CT molecular complexity index is 1360. The van der Waals surface area contributed by atoms with Crippen molar-refractivity contribution >= 4 is 28.4 Å². The summed E-state index contributed by atoms with van der Waals surface area (Å²) in [6.45, 7) is 7.12. The minimum atomic E-state index is 0.135. The summed E-state index contributed by atoms with van der Waals surface area (Å²) in [7, 11) is 1.67. The van der Waals surface area contributed by atoms with Gasteiger partial charge in [0, 0.05) is 32.1 Å². The Morgan fingerprint density at radius 2 is 1.86 bits per heavy atom. The maximum absolute atomic E-state index is 8.29. The lowest BCUT2D eigenvalue weighted by molar-refractivity contribution is 0.0121. The molecule has 11 nitrogen and oxygen atoms in total. The zero-order chi connectivity index (χ0) is 29.5. The van der Waals surface area contributed by atoms with Crippen LogP contribution in [0.15, 0.2) is 24.5 Å². The van der Waals surface area contributed by atoms with E-state index in [1.54, 1.807) is 18.0 Å². The van der Waals surface area contributed by atoms with Crippen LogP contribution >= 0.6 is 0 Å². The number of fused-ring (bicyclic) bond motifs is 1. The number of nitrogens with zero attached hydrogens (tertiary/aromatic N) is 6. The van der Waals surface area contributed by atoms with E-state index in [-0.39, 0.29) is 5.95 Å². The molecular formula is C31H46N8O3. The molecule has 0 aromatic carbocycles. The number of hydrogen-bond acceptors (Lipinski definition) is 10. The molecule has 1 spiro atoms. The van der Waals surface area contributed by atoms with Crippen molar-refractivity contribution in [3.8, 4) is 5.75 Å². The summed E-state index contributed by atoms with van der Waals surface area (Å²) in [4.78, 5) is 15.7. The molecule has 0 atom stereocenters. The number of rotatable bonds is 9. The second-order valence-electron chi connectivity index (χ2n) is 11.7. The number of aliphatic hydroxyl groups excluding tert-OH is 1. The molecule has 0 amide bonds. The van der Waals surface area contributed by atoms with E-state index in [0.717, 1.165) is 43.1 Å². The third kappa shape index (κ3) is 6.85. The van der Waals surface area contributed by atoms with Gasteiger partial charge in [-0.3, -0.25) is 9.67 Å². The predicted octanol–water partition coefficient (Wildman–Crippen LogP) is 4.05. The second-order valence-corrected chi connectivity index (χ2v) is 11.7. The van der Waals surface area contributed by atoms with Crippen molar-refractivity contribution in [2.45, 2.75) is 77.3 Å². The summed E-state index contributed by atoms with van der Waals surface area (Å²) in [5.41, 5.74) is 16.6. The van der Waals surface area contributed by atoms with Crippen LogP contribution in [0, 0.1) is 5.41 Å². The molecule has 228 valence electrons. The quantitative estimate of drug-likeness (QED) is 0.317. The van der Waals surface area contributed by atoms with E-state index >= 15 is 0 Å². The topological polar surface area (TPSA) is 150 Å². The smallest absolute Gasteiger partial charge is 0.222 e. The van der Waals surface area contributed by atoms with Crippen molar-refractivity contribution in [1.82, 2.24) is 29.6 Å². The molecule has 1 aliphatic carbocycles. The van der Waals surface area contributed by atoms with E-state index in [1.165, 1.54) is 63.6 Å². The van der Waals surface area contributed by atoms with Crippen LogP contribution in [0.4, 0.5) is 11.8 Å². The molecular weight excluding hydrogens is 532 g/mol. The van der Waals surface area contributed by atoms with Crippen molar-refractivity contribution in [3.05, 3.63) is 35.8 Å². The number of aliphatic hydroxyl groups is 1. The molecule has 3 aliphatic rings. The molecule has 6 rings (SSSR count). The molecule has 5 N–H and O–H groups in total. The van der Waals surface area contributed by atoms with Crippen LogP contribution in [-0.2, 0) is 11.3 Å². The maximum atomic E-state index is 8.29. The van der Waals surface area contributed by atoms with Gasteiger partial charge in [-0.1, -0.05) is 32.3 Å². The van der Waals surface area contributed by atoms with Crippen LogP contribution in [0.2, 0.25) is 0 Å². The minimum Gasteiger partial charge on any atom is -0.495 e. The average molecular weight is 579 g/mol. The first-order valence-corrected chi connectivity index (χ1v) is 15.4. The number of ether oxygens (including phenoxy) is 2. The largest absolute Gasteiger partial charge is 0.495 e. The van der Waals surface area contributed by atoms with Crippen LogP contribution in [0.1, 0.15) is 76.0 Å². The maximum Gasteiger partial charge on any atom is 0.222 e. The lowest BCUT2D eigenvalue weighted by atomic mass is 9.64. The molecule has 5 heterocycles. The summed E-state index contributed by atoms with van der Waals surface area (Å²) in [5.74, 6) is 1.17. The van der Waals surface area contributed by atoms with E-state index < -0.39 is 0 Å². The monoisotopic (exact) mass is 578 g/mol. The van der Waals surface area contributed by atoms with Crippen LogP contribution in [0.25, 0.3) is 16.6 Å². The van der Waals surface area contributed by atoms with Gasteiger partial charge in [-0.2, -0.15) is 10.1 Å². The van der Waals surface area contributed by atoms with Crippen LogP contribution in [0.5, 0.6) is 5.75 Å². The summed E-state index contributed by atoms with van der Waals surface area (Å²) < 4.78 is 13.0. The van der Waals surface area contributed by atoms with Gasteiger partial charge in [0.05, 0.1) is 19.9 Å². The van der Waals surface area contributed by atoms with Crippen LogP contribution in [0.3, 0.4) is 0 Å². The molecule has 0 radical (unpaired) electrons. The van der Waals surface area contributed by atoms with Crippen molar-refractivity contribution in [2.75, 3.05) is 51.5 Å². The number of allylic oxidation sites excluding steroid dienone is 2. The number of nitrogens with two attached hydrogens (primary N) is 2. The molecule has 0 saturated carbocycles. The normalized spacial score (nSPS) is 18.8. The Hall–Kier alpha value is -3.28. The van der Waals surface area contributed by atoms with Crippen molar-refractivity contribution < 1.29 is 14.6 Å². The van der Waals surface area contributed by atoms with Gasteiger partial charge in [0.1, 0.15) is 22.5 Å². The summed E-state index contributed by atoms with van der Waals surface area (Å²) in [6, 6.07) is 2.79. The Morgan fingerprint density at radius 1 is 1.10 bits per heavy atom. The Morgan fingerprint density at radius 3 is 2.55 bits per heavy atom. The number of likely N-dealkylation sites (tertiary alicyclic amines) is 1. The highest BCUT2D eigenvalue weighted by atomic mass is 16.5. The van der Waals surface area contributed by atoms with Gasteiger partial charge in [0.15, 0.2) is 5.82 Å². The number of nitrogen functional groups attached to an aromatic ring is 2. The summed E-state index contributed by atoms with van der Waals surface area (Å²) in [5, 5.41) is 12.7. The van der Waals surface area contributed by atoms with E-state index in [0.29, 0.717) is 41.5 Å². The van der Waals surface area contributed by atoms with Crippen molar-refractivity contribution in [1.29, 1.82) is 0 Å². The van der Waals surface area contributed by atoms with Gasteiger partial charge in [-0.25, -0.2) is 4.98 Å². The number of unbranched alkanes of at least 4 members (excludes halogenated alkanes) is 3. The first-order valence-electron chi connectivity index (χ1n) is 15.4. The third-order valence-electron chi connectivity index (χ3n) is 8.89. The SMILES string of the molecule is CCCCCCO.COc1cc(C2=CC3(CCN(C4CCOCC4)CC3)C2)cnc1Cn1ncc2nc(N)nc(N)c21. The molecule has 0 unspecified atom stereocenters. The molecule has 0 bridgehead atoms. The molecule has 2 saturated heterocycles. The number of methoxy groups -OCH3 is 1. The third-order valence-corrected chi connectivity index (χ3v) is 8.89. The number of hydrogen-bond donors (Lipinski definition) is 3. The number of anilines is 2. The summed E-state index contributed by atoms with van der Waals surface area (Å²) in [6.07, 6.45) is 16.7. The Labute approximate surface area is 248 Å². The Balaban J connectivity index is 0.000000451. The van der Waals surface area contributed by atoms with Crippen LogP contribution < -0.4 is 16.2 Å². The van der Waals surface area contributed by atoms with Crippen LogP contribution in [-0.4, -0.2) is 80.8 Å². The van der Waals surface area contributed by atoms with Gasteiger partial charge in [-0.15, -0.1) is 0 Å². The van der Waals surface area contributed by atoms with Gasteiger partial charge >= 0.3 is 0 Å². The van der Waals surface area contributed by atoms with Gasteiger partial charge in [0.25, 0.3) is 0 Å². The highest BCUT2D eigenvalue weighted by Gasteiger charge is 2.41. The highest BCUT2D eigenvalue weighted by molar-refractivity contribution is 5.85. The minimum absolute atomic E-state index is 0.135. The fourth-order valence-corrected chi connectivity index (χ4v) is 6.40. The average Bonchev–Trinajstić information content (AvgIpc) is 3.40. The van der Waals surface area contributed by atoms with Crippen molar-refractivity contribution in [2.24, 2.45) is 5.41 Å². The van der Waals surface area contributed by atoms with Gasteiger partial charge in [-0.05, 0) is 74.2 Å². The lowest BCUT2D eigenvalue weighted by Crippen LogP contribution is -2.48. The van der Waals surface area contributed by atoms with E-state index in [2.05, 4.69) is 39.0 Å². The van der Waals surface area contributed by atoms with Gasteiger partial charge in [0.2, 0.25) is 5.95 Å². The molecule has 2 fully saturated rings. The number of piperidine rings is 1. The number of aromatic nitrogens is 5. The second kappa shape index (κ2) is 13.8.